The normalized spacial score (nSPS) is 26.4. The van der Waals surface area contributed by atoms with Crippen LogP contribution < -0.4 is 11.3 Å². The van der Waals surface area contributed by atoms with E-state index < -0.39 is 65.6 Å². The SMILES string of the molecule is Nc1nc2c(ncn2[C@@H]2O[C@H](COP(=O)(O)CP(=O)(O)O)C(O)C2OP(=O)(O)O)c(=O)[nH]1. The van der Waals surface area contributed by atoms with Crippen LogP contribution in [0.25, 0.3) is 11.2 Å². The number of aromatic nitrogens is 4. The highest BCUT2D eigenvalue weighted by molar-refractivity contribution is 7.70. The van der Waals surface area contributed by atoms with E-state index in [0.717, 1.165) is 10.9 Å². The van der Waals surface area contributed by atoms with E-state index >= 15 is 0 Å². The third kappa shape index (κ3) is 5.88. The molecule has 32 heavy (non-hydrogen) atoms. The Morgan fingerprint density at radius 2 is 1.88 bits per heavy atom. The van der Waals surface area contributed by atoms with E-state index in [0.29, 0.717) is 0 Å². The molecule has 21 heteroatoms. The lowest BCUT2D eigenvalue weighted by Gasteiger charge is -2.22. The second-order valence-electron chi connectivity index (χ2n) is 6.63. The Hall–Kier alpha value is -1.52. The number of H-pyrrole nitrogens is 1. The average molecular weight is 521 g/mol. The molecule has 1 aliphatic heterocycles. The van der Waals surface area contributed by atoms with Gasteiger partial charge in [0, 0.05) is 0 Å². The number of hydrogen-bond acceptors (Lipinski definition) is 11. The number of rotatable bonds is 8. The number of nitrogens with zero attached hydrogens (tertiary/aromatic N) is 3. The maximum atomic E-state index is 12.0. The number of nitrogens with one attached hydrogen (secondary N) is 1. The van der Waals surface area contributed by atoms with E-state index in [1.165, 1.54) is 0 Å². The number of anilines is 1. The molecule has 2 aromatic heterocycles. The Morgan fingerprint density at radius 3 is 2.47 bits per heavy atom. The van der Waals surface area contributed by atoms with Crippen LogP contribution in [-0.2, 0) is 27.5 Å². The molecule has 1 aliphatic rings. The summed E-state index contributed by atoms with van der Waals surface area (Å²) in [5.74, 6) is -1.83. The van der Waals surface area contributed by atoms with Crippen LogP contribution in [0, 0.1) is 0 Å². The van der Waals surface area contributed by atoms with Crippen molar-refractivity contribution in [2.24, 2.45) is 0 Å². The summed E-state index contributed by atoms with van der Waals surface area (Å²) in [6, 6.07) is 0. The fourth-order valence-electron chi connectivity index (χ4n) is 2.94. The minimum Gasteiger partial charge on any atom is -0.387 e. The van der Waals surface area contributed by atoms with Crippen LogP contribution in [0.5, 0.6) is 0 Å². The van der Waals surface area contributed by atoms with Crippen LogP contribution in [0.15, 0.2) is 11.1 Å². The number of aliphatic hydroxyl groups excluding tert-OH is 1. The van der Waals surface area contributed by atoms with Crippen molar-refractivity contribution in [1.82, 2.24) is 19.5 Å². The van der Waals surface area contributed by atoms with Gasteiger partial charge in [0.2, 0.25) is 5.95 Å². The number of aliphatic hydroxyl groups is 1. The second-order valence-corrected chi connectivity index (χ2v) is 11.8. The van der Waals surface area contributed by atoms with Crippen molar-refractivity contribution >= 4 is 40.1 Å². The summed E-state index contributed by atoms with van der Waals surface area (Å²) in [5, 5.41) is 10.4. The first-order valence-corrected chi connectivity index (χ1v) is 13.5. The number of nitrogen functional groups attached to an aromatic ring is 1. The molecule has 3 unspecified atom stereocenters. The summed E-state index contributed by atoms with van der Waals surface area (Å²) >= 11 is 0. The molecular weight excluding hydrogens is 503 g/mol. The molecule has 1 fully saturated rings. The Morgan fingerprint density at radius 1 is 1.22 bits per heavy atom. The van der Waals surface area contributed by atoms with Gasteiger partial charge in [0.15, 0.2) is 23.3 Å². The highest BCUT2D eigenvalue weighted by Crippen LogP contribution is 2.55. The van der Waals surface area contributed by atoms with Gasteiger partial charge in [0.1, 0.15) is 18.3 Å². The van der Waals surface area contributed by atoms with E-state index in [2.05, 4.69) is 24.0 Å². The molecule has 0 bridgehead atoms. The fourth-order valence-corrected chi connectivity index (χ4v) is 6.06. The number of fused-ring (bicyclic) bond motifs is 1. The van der Waals surface area contributed by atoms with E-state index in [4.69, 9.17) is 20.3 Å². The van der Waals surface area contributed by atoms with Gasteiger partial charge in [-0.1, -0.05) is 0 Å². The van der Waals surface area contributed by atoms with Crippen molar-refractivity contribution < 1.29 is 57.1 Å². The summed E-state index contributed by atoms with van der Waals surface area (Å²) in [6.45, 7) is -0.921. The molecule has 0 radical (unpaired) electrons. The van der Waals surface area contributed by atoms with Gasteiger partial charge >= 0.3 is 23.0 Å². The van der Waals surface area contributed by atoms with Crippen molar-refractivity contribution in [3.05, 3.63) is 16.7 Å². The standard InChI is InChI=1S/C11H18N5O13P3/c12-11-14-8-5(9(18)15-11)13-2-16(8)10-7(29-32(24,25)26)6(17)4(28-10)1-27-31(22,23)3-30(19,20)21/h2,4,6-7,10,17H,1,3H2,(H,22,23)(H2,19,20,21)(H2,24,25,26)(H3,12,14,15,18)/t4-,6?,7?,10-/m1/s1. The Kier molecular flexibility index (Phi) is 6.81. The molecule has 3 heterocycles. The van der Waals surface area contributed by atoms with Crippen LogP contribution in [0.1, 0.15) is 6.23 Å². The van der Waals surface area contributed by atoms with Gasteiger partial charge in [0.05, 0.1) is 12.9 Å². The van der Waals surface area contributed by atoms with Gasteiger partial charge in [-0.05, 0) is 0 Å². The maximum absolute atomic E-state index is 12.0. The molecule has 18 nitrogen and oxygen atoms in total. The minimum atomic E-state index is -5.21. The molecular formula is C11H18N5O13P3. The van der Waals surface area contributed by atoms with Gasteiger partial charge in [0.25, 0.3) is 5.56 Å². The summed E-state index contributed by atoms with van der Waals surface area (Å²) in [7, 11) is -15.0. The second kappa shape index (κ2) is 8.68. The van der Waals surface area contributed by atoms with E-state index in [-0.39, 0.29) is 17.1 Å². The summed E-state index contributed by atoms with van der Waals surface area (Å²) in [5.41, 5.74) is 4.33. The lowest BCUT2D eigenvalue weighted by Crippen LogP contribution is -2.35. The molecule has 9 N–H and O–H groups in total. The molecule has 0 spiro atoms. The number of aromatic amines is 1. The van der Waals surface area contributed by atoms with E-state index in [1.807, 2.05) is 0 Å². The lowest BCUT2D eigenvalue weighted by molar-refractivity contribution is -0.0478. The first-order valence-electron chi connectivity index (χ1n) is 8.37. The number of imidazole rings is 1. The summed E-state index contributed by atoms with van der Waals surface area (Å²) in [6.07, 6.45) is -5.84. The lowest BCUT2D eigenvalue weighted by atomic mass is 10.1. The van der Waals surface area contributed by atoms with Crippen LogP contribution >= 0.6 is 23.0 Å². The number of phosphoric ester groups is 1. The maximum Gasteiger partial charge on any atom is 0.470 e. The summed E-state index contributed by atoms with van der Waals surface area (Å²) in [4.78, 5) is 67.4. The van der Waals surface area contributed by atoms with Crippen LogP contribution in [-0.4, -0.2) is 79.9 Å². The monoisotopic (exact) mass is 521 g/mol. The highest BCUT2D eigenvalue weighted by Gasteiger charge is 2.49. The van der Waals surface area contributed by atoms with Crippen LogP contribution in [0.3, 0.4) is 0 Å². The zero-order valence-electron chi connectivity index (χ0n) is 15.6. The number of phosphoric acid groups is 1. The first-order chi connectivity index (χ1) is 14.6. The van der Waals surface area contributed by atoms with Gasteiger partial charge in [-0.25, -0.2) is 9.55 Å². The molecule has 1 saturated heterocycles. The predicted molar refractivity (Wildman–Crippen MR) is 102 cm³/mol. The van der Waals surface area contributed by atoms with Crippen molar-refractivity contribution in [3.8, 4) is 0 Å². The number of nitrogens with two attached hydrogens (primary N) is 1. The average Bonchev–Trinajstić information content (AvgIpc) is 3.12. The molecule has 0 aliphatic carbocycles. The van der Waals surface area contributed by atoms with Crippen molar-refractivity contribution in [1.29, 1.82) is 0 Å². The molecule has 2 aromatic rings. The van der Waals surface area contributed by atoms with Gasteiger partial charge < -0.3 is 44.6 Å². The van der Waals surface area contributed by atoms with Gasteiger partial charge in [-0.3, -0.25) is 28.0 Å². The van der Waals surface area contributed by atoms with Crippen LogP contribution in [0.4, 0.5) is 5.95 Å². The minimum absolute atomic E-state index is 0.196. The molecule has 0 amide bonds. The third-order valence-corrected chi connectivity index (χ3v) is 8.07. The van der Waals surface area contributed by atoms with E-state index in [9.17, 15) is 38.3 Å². The smallest absolute Gasteiger partial charge is 0.387 e. The number of ether oxygens (including phenoxy) is 1. The van der Waals surface area contributed by atoms with E-state index in [1.54, 1.807) is 0 Å². The Bertz CT molecular complexity index is 1200. The fraction of sp³-hybridized carbons (Fsp3) is 0.545. The highest BCUT2D eigenvalue weighted by atomic mass is 31.2. The molecule has 3 rings (SSSR count). The largest absolute Gasteiger partial charge is 0.470 e. The third-order valence-electron chi connectivity index (χ3n) is 4.10. The van der Waals surface area contributed by atoms with Crippen molar-refractivity contribution in [2.45, 2.75) is 24.5 Å². The Balaban J connectivity index is 1.92. The molecule has 0 saturated carbocycles. The molecule has 0 aromatic carbocycles. The number of hydrogen-bond donors (Lipinski definition) is 8. The Labute approximate surface area is 176 Å². The molecule has 180 valence electrons. The zero-order valence-corrected chi connectivity index (χ0v) is 18.3. The first kappa shape index (κ1) is 25.1. The van der Waals surface area contributed by atoms with Gasteiger partial charge in [-0.15, -0.1) is 0 Å². The topological polar surface area (TPSA) is 290 Å². The molecule has 5 atom stereocenters. The van der Waals surface area contributed by atoms with Crippen molar-refractivity contribution in [3.63, 3.8) is 0 Å². The zero-order chi connectivity index (χ0) is 24.1. The summed E-state index contributed by atoms with van der Waals surface area (Å²) < 4.78 is 49.8. The van der Waals surface area contributed by atoms with Crippen LogP contribution in [0.2, 0.25) is 0 Å². The van der Waals surface area contributed by atoms with Gasteiger partial charge in [-0.2, -0.15) is 4.98 Å². The quantitative estimate of drug-likeness (QED) is 0.171. The predicted octanol–water partition coefficient (Wildman–Crippen LogP) is -2.22. The van der Waals surface area contributed by atoms with Crippen molar-refractivity contribution in [2.75, 3.05) is 18.2 Å².